The fourth-order valence-corrected chi connectivity index (χ4v) is 1.34. The number of hydrogen-bond donors (Lipinski definition) is 1. The van der Waals surface area contributed by atoms with Crippen molar-refractivity contribution in [2.75, 3.05) is 13.6 Å². The van der Waals surface area contributed by atoms with Crippen molar-refractivity contribution in [2.24, 2.45) is 0 Å². The summed E-state index contributed by atoms with van der Waals surface area (Å²) in [7, 11) is 1.91. The molecule has 0 bridgehead atoms. The van der Waals surface area contributed by atoms with E-state index in [4.69, 9.17) is 0 Å². The summed E-state index contributed by atoms with van der Waals surface area (Å²) < 4.78 is 0. The Morgan fingerprint density at radius 2 is 2.20 bits per heavy atom. The third-order valence-corrected chi connectivity index (χ3v) is 2.31. The Hall–Kier alpha value is -1.41. The Morgan fingerprint density at radius 3 is 2.80 bits per heavy atom. The number of hydrogen-bond acceptors (Lipinski definition) is 2. The molecule has 0 saturated carbocycles. The first-order chi connectivity index (χ1) is 7.15. The molecule has 0 aliphatic rings. The number of carbonyl (C=O) groups excluding carboxylic acids is 1. The summed E-state index contributed by atoms with van der Waals surface area (Å²) in [5.41, 5.74) is 3.06. The van der Waals surface area contributed by atoms with E-state index in [1.54, 1.807) is 6.92 Å². The third-order valence-electron chi connectivity index (χ3n) is 2.31. The predicted molar refractivity (Wildman–Crippen MR) is 64.1 cm³/mol. The van der Waals surface area contributed by atoms with Crippen LogP contribution in [0.5, 0.6) is 0 Å². The van der Waals surface area contributed by atoms with Gasteiger partial charge in [0, 0.05) is 12.1 Å². The van der Waals surface area contributed by atoms with Crippen molar-refractivity contribution in [3.05, 3.63) is 41.0 Å². The van der Waals surface area contributed by atoms with E-state index < -0.39 is 0 Å². The molecule has 0 radical (unpaired) electrons. The van der Waals surface area contributed by atoms with Crippen molar-refractivity contribution in [1.29, 1.82) is 0 Å². The van der Waals surface area contributed by atoms with Crippen LogP contribution in [0.25, 0.3) is 6.08 Å². The van der Waals surface area contributed by atoms with Crippen LogP contribution in [0, 0.1) is 6.92 Å². The lowest BCUT2D eigenvalue weighted by Gasteiger charge is -2.02. The Bertz CT molecular complexity index is 380. The summed E-state index contributed by atoms with van der Waals surface area (Å²) in [6.45, 7) is 4.47. The van der Waals surface area contributed by atoms with E-state index in [0.29, 0.717) is 0 Å². The van der Waals surface area contributed by atoms with E-state index in [1.165, 1.54) is 5.56 Å². The topological polar surface area (TPSA) is 29.1 Å². The first-order valence-corrected chi connectivity index (χ1v) is 5.08. The second-order valence-electron chi connectivity index (χ2n) is 3.59. The number of aryl methyl sites for hydroxylation is 1. The van der Waals surface area contributed by atoms with E-state index in [1.807, 2.05) is 44.3 Å². The first kappa shape index (κ1) is 11.7. The molecule has 0 aliphatic carbocycles. The summed E-state index contributed by atoms with van der Waals surface area (Å²) in [5.74, 6) is 0.110. The highest BCUT2D eigenvalue weighted by atomic mass is 16.1. The maximum absolute atomic E-state index is 11.2. The van der Waals surface area contributed by atoms with Gasteiger partial charge in [-0.1, -0.05) is 24.3 Å². The second-order valence-corrected chi connectivity index (χ2v) is 3.59. The van der Waals surface area contributed by atoms with Crippen LogP contribution < -0.4 is 5.32 Å². The Morgan fingerprint density at radius 1 is 1.47 bits per heavy atom. The molecular weight excluding hydrogens is 186 g/mol. The average molecular weight is 203 g/mol. The largest absolute Gasteiger partial charge is 0.316 e. The summed E-state index contributed by atoms with van der Waals surface area (Å²) in [6.07, 6.45) is 4.09. The SMILES string of the molecule is CNCC=Cc1cc(C(C)=O)ccc1C. The lowest BCUT2D eigenvalue weighted by molar-refractivity contribution is 0.101. The van der Waals surface area contributed by atoms with Crippen LogP contribution >= 0.6 is 0 Å². The molecule has 0 saturated heterocycles. The number of rotatable bonds is 4. The number of likely N-dealkylation sites (N-methyl/N-ethyl adjacent to an activating group) is 1. The lowest BCUT2D eigenvalue weighted by atomic mass is 10.0. The molecule has 0 aliphatic heterocycles. The Labute approximate surface area is 91.0 Å². The fraction of sp³-hybridized carbons (Fsp3) is 0.308. The summed E-state index contributed by atoms with van der Waals surface area (Å²) >= 11 is 0. The number of Topliss-reactive ketones (excluding diaryl/α,β-unsaturated/α-hetero) is 1. The van der Waals surface area contributed by atoms with Gasteiger partial charge >= 0.3 is 0 Å². The van der Waals surface area contributed by atoms with E-state index in [9.17, 15) is 4.79 Å². The minimum atomic E-state index is 0.110. The van der Waals surface area contributed by atoms with Crippen molar-refractivity contribution in [2.45, 2.75) is 13.8 Å². The van der Waals surface area contributed by atoms with Crippen molar-refractivity contribution < 1.29 is 4.79 Å². The fourth-order valence-electron chi connectivity index (χ4n) is 1.34. The van der Waals surface area contributed by atoms with Crippen LogP contribution in [0.3, 0.4) is 0 Å². The lowest BCUT2D eigenvalue weighted by Crippen LogP contribution is -2.03. The van der Waals surface area contributed by atoms with Crippen molar-refractivity contribution in [1.82, 2.24) is 5.32 Å². The van der Waals surface area contributed by atoms with Gasteiger partial charge in [-0.05, 0) is 38.1 Å². The highest BCUT2D eigenvalue weighted by Crippen LogP contribution is 2.13. The van der Waals surface area contributed by atoms with Gasteiger partial charge in [-0.15, -0.1) is 0 Å². The molecule has 0 atom stereocenters. The van der Waals surface area contributed by atoms with Gasteiger partial charge in [-0.25, -0.2) is 0 Å². The molecule has 0 unspecified atom stereocenters. The highest BCUT2D eigenvalue weighted by Gasteiger charge is 2.01. The molecule has 0 spiro atoms. The zero-order valence-corrected chi connectivity index (χ0v) is 9.50. The van der Waals surface area contributed by atoms with Crippen LogP contribution in [0.2, 0.25) is 0 Å². The minimum Gasteiger partial charge on any atom is -0.316 e. The zero-order valence-electron chi connectivity index (χ0n) is 9.50. The monoisotopic (exact) mass is 203 g/mol. The molecule has 1 rings (SSSR count). The molecule has 2 heteroatoms. The van der Waals surface area contributed by atoms with Gasteiger partial charge in [0.25, 0.3) is 0 Å². The molecule has 15 heavy (non-hydrogen) atoms. The second kappa shape index (κ2) is 5.47. The molecule has 0 fully saturated rings. The summed E-state index contributed by atoms with van der Waals surface area (Å²) in [5, 5.41) is 3.04. The van der Waals surface area contributed by atoms with Gasteiger partial charge in [0.05, 0.1) is 0 Å². The van der Waals surface area contributed by atoms with Gasteiger partial charge < -0.3 is 5.32 Å². The quantitative estimate of drug-likeness (QED) is 0.761. The molecule has 2 nitrogen and oxygen atoms in total. The smallest absolute Gasteiger partial charge is 0.159 e. The van der Waals surface area contributed by atoms with Crippen molar-refractivity contribution >= 4 is 11.9 Å². The number of ketones is 1. The molecule has 1 aromatic rings. The Balaban J connectivity index is 2.95. The van der Waals surface area contributed by atoms with Gasteiger partial charge in [-0.2, -0.15) is 0 Å². The normalized spacial score (nSPS) is 10.9. The molecule has 0 aromatic heterocycles. The maximum atomic E-state index is 11.2. The molecule has 0 amide bonds. The summed E-state index contributed by atoms with van der Waals surface area (Å²) in [6, 6.07) is 5.78. The first-order valence-electron chi connectivity index (χ1n) is 5.08. The van der Waals surface area contributed by atoms with Crippen molar-refractivity contribution in [3.8, 4) is 0 Å². The maximum Gasteiger partial charge on any atom is 0.159 e. The van der Waals surface area contributed by atoms with Crippen LogP contribution in [0.4, 0.5) is 0 Å². The number of nitrogens with one attached hydrogen (secondary N) is 1. The van der Waals surface area contributed by atoms with Gasteiger partial charge in [0.1, 0.15) is 0 Å². The van der Waals surface area contributed by atoms with Crippen LogP contribution in [0.1, 0.15) is 28.4 Å². The molecule has 1 aromatic carbocycles. The molecular formula is C13H17NO. The summed E-state index contributed by atoms with van der Waals surface area (Å²) in [4.78, 5) is 11.2. The Kier molecular flexibility index (Phi) is 4.25. The standard InChI is InChI=1S/C13H17NO/c1-10-6-7-13(11(2)15)9-12(10)5-4-8-14-3/h4-7,9,14H,8H2,1-3H3. The van der Waals surface area contributed by atoms with Crippen molar-refractivity contribution in [3.63, 3.8) is 0 Å². The van der Waals surface area contributed by atoms with Crippen LogP contribution in [-0.4, -0.2) is 19.4 Å². The average Bonchev–Trinajstić information content (AvgIpc) is 2.20. The molecule has 0 heterocycles. The minimum absolute atomic E-state index is 0.110. The molecule has 1 N–H and O–H groups in total. The highest BCUT2D eigenvalue weighted by molar-refractivity contribution is 5.94. The number of carbonyl (C=O) groups is 1. The van der Waals surface area contributed by atoms with E-state index in [2.05, 4.69) is 5.32 Å². The zero-order chi connectivity index (χ0) is 11.3. The molecule has 80 valence electrons. The van der Waals surface area contributed by atoms with Gasteiger partial charge in [0.2, 0.25) is 0 Å². The van der Waals surface area contributed by atoms with E-state index in [0.717, 1.165) is 17.7 Å². The van der Waals surface area contributed by atoms with E-state index >= 15 is 0 Å². The van der Waals surface area contributed by atoms with Crippen LogP contribution in [0.15, 0.2) is 24.3 Å². The van der Waals surface area contributed by atoms with E-state index in [-0.39, 0.29) is 5.78 Å². The predicted octanol–water partition coefficient (Wildman–Crippen LogP) is 2.43. The van der Waals surface area contributed by atoms with Gasteiger partial charge in [0.15, 0.2) is 5.78 Å². The van der Waals surface area contributed by atoms with Crippen LogP contribution in [-0.2, 0) is 0 Å². The van der Waals surface area contributed by atoms with Gasteiger partial charge in [-0.3, -0.25) is 4.79 Å². The number of benzene rings is 1. The third kappa shape index (κ3) is 3.33.